The second-order valence-corrected chi connectivity index (χ2v) is 20.6. The minimum Gasteiger partial charge on any atom is -0.310 e. The molecule has 12 aromatic carbocycles. The van der Waals surface area contributed by atoms with Crippen molar-refractivity contribution in [3.8, 4) is 50.2 Å². The number of rotatable bonds is 7. The van der Waals surface area contributed by atoms with Crippen molar-refractivity contribution in [2.75, 3.05) is 4.90 Å². The van der Waals surface area contributed by atoms with Gasteiger partial charge < -0.3 is 9.47 Å². The highest BCUT2D eigenvalue weighted by Crippen LogP contribution is 2.62. The number of nitrogens with zero attached hydrogens (tertiary/aromatic N) is 2. The van der Waals surface area contributed by atoms with Crippen LogP contribution in [0.4, 0.5) is 17.1 Å². The first-order valence-corrected chi connectivity index (χ1v) is 26.5. The van der Waals surface area contributed by atoms with Gasteiger partial charge in [-0.25, -0.2) is 0 Å². The normalized spacial score (nSPS) is 13.7. The van der Waals surface area contributed by atoms with Crippen molar-refractivity contribution in [3.63, 3.8) is 0 Å². The van der Waals surface area contributed by atoms with Gasteiger partial charge in [0.05, 0.1) is 33.2 Å². The van der Waals surface area contributed by atoms with Crippen LogP contribution in [0.5, 0.6) is 0 Å². The minimum absolute atomic E-state index is 0.478. The van der Waals surface area contributed by atoms with Crippen LogP contribution in [0.15, 0.2) is 291 Å². The van der Waals surface area contributed by atoms with E-state index in [9.17, 15) is 0 Å². The van der Waals surface area contributed by atoms with Crippen LogP contribution in [-0.4, -0.2) is 4.57 Å². The van der Waals surface area contributed by atoms with Crippen LogP contribution in [0.1, 0.15) is 44.5 Å². The van der Waals surface area contributed by atoms with Gasteiger partial charge in [0.15, 0.2) is 0 Å². The Labute approximate surface area is 442 Å². The Hall–Kier alpha value is -9.76. The summed E-state index contributed by atoms with van der Waals surface area (Å²) in [5.41, 5.74) is 26.2. The molecule has 2 heteroatoms. The maximum Gasteiger partial charge on any atom is 0.0754 e. The van der Waals surface area contributed by atoms with E-state index in [-0.39, 0.29) is 0 Å². The molecular weight excluding hydrogens is 917 g/mol. The molecule has 0 fully saturated rings. The number of fused-ring (bicyclic) bond motifs is 15. The Kier molecular flexibility index (Phi) is 9.20. The van der Waals surface area contributed by atoms with Gasteiger partial charge in [0.25, 0.3) is 0 Å². The number of aromatic nitrogens is 1. The molecule has 2 nitrogen and oxygen atoms in total. The summed E-state index contributed by atoms with van der Waals surface area (Å²) in [6, 6.07) is 109. The lowest BCUT2D eigenvalue weighted by molar-refractivity contribution is 0.748. The molecule has 2 heterocycles. The van der Waals surface area contributed by atoms with Gasteiger partial charge in [-0.1, -0.05) is 249 Å². The van der Waals surface area contributed by atoms with Crippen LogP contribution >= 0.6 is 0 Å². The zero-order valence-corrected chi connectivity index (χ0v) is 41.6. The van der Waals surface area contributed by atoms with E-state index < -0.39 is 10.8 Å². The smallest absolute Gasteiger partial charge is 0.0754 e. The summed E-state index contributed by atoms with van der Waals surface area (Å²) in [7, 11) is 0. The lowest BCUT2D eigenvalue weighted by atomic mass is 9.65. The molecule has 0 bridgehead atoms. The van der Waals surface area contributed by atoms with Crippen LogP contribution in [0.25, 0.3) is 72.0 Å². The van der Waals surface area contributed by atoms with Gasteiger partial charge in [0, 0.05) is 27.7 Å². The zero-order chi connectivity index (χ0) is 50.0. The van der Waals surface area contributed by atoms with Crippen LogP contribution in [0.3, 0.4) is 0 Å². The molecule has 354 valence electrons. The SMILES string of the molecule is c1ccc(-c2ccc(-c3ccc(N(c4ccc5c(c4)c4cccc6c4n5-c4ccccc4C64c5ccccc5-c5ccccc54)c4cccc5c4-c4ccccc4C5(c4ccccc4)c4ccccc4)cc3)cc2)cc1. The Bertz CT molecular complexity index is 4350. The van der Waals surface area contributed by atoms with Crippen LogP contribution in [0, 0.1) is 0 Å². The van der Waals surface area contributed by atoms with Gasteiger partial charge in [-0.15, -0.1) is 0 Å². The second kappa shape index (κ2) is 16.4. The van der Waals surface area contributed by atoms with Crippen molar-refractivity contribution in [1.82, 2.24) is 4.57 Å². The second-order valence-electron chi connectivity index (χ2n) is 20.6. The average Bonchev–Trinajstić information content (AvgIpc) is 4.28. The van der Waals surface area contributed by atoms with Crippen LogP contribution < -0.4 is 4.90 Å². The van der Waals surface area contributed by atoms with Gasteiger partial charge in [0.2, 0.25) is 0 Å². The van der Waals surface area contributed by atoms with E-state index in [4.69, 9.17) is 0 Å². The molecule has 0 N–H and O–H groups in total. The van der Waals surface area contributed by atoms with Gasteiger partial charge in [-0.3, -0.25) is 0 Å². The van der Waals surface area contributed by atoms with E-state index in [1.807, 2.05) is 0 Å². The van der Waals surface area contributed by atoms with Crippen LogP contribution in [-0.2, 0) is 10.8 Å². The first-order valence-electron chi connectivity index (χ1n) is 26.5. The van der Waals surface area contributed by atoms with Crippen molar-refractivity contribution in [2.24, 2.45) is 0 Å². The minimum atomic E-state index is -0.546. The number of para-hydroxylation sites is 2. The van der Waals surface area contributed by atoms with Crippen molar-refractivity contribution in [3.05, 3.63) is 336 Å². The Morgan fingerprint density at radius 2 is 0.750 bits per heavy atom. The van der Waals surface area contributed by atoms with E-state index in [0.29, 0.717) is 0 Å². The molecule has 1 aromatic heterocycles. The first-order chi connectivity index (χ1) is 37.7. The standard InChI is InChI=1S/C74H48N2/c1-4-20-49(21-5-1)50-38-40-51(41-39-50)52-42-44-55(45-43-52)75(70-37-19-34-66-71(70)60-28-12-15-32-64(60)73(66,53-22-6-2-7-23-53)54-24-8-3-9-25-54)56-46-47-68-61(48-56)59-29-18-35-67-72(59)76(68)69-36-17-16-33-65(69)74(67)62-30-13-10-26-57(62)58-27-11-14-31-63(58)74/h1-48H. The molecular formula is C74H48N2. The molecule has 0 saturated heterocycles. The van der Waals surface area contributed by atoms with Crippen LogP contribution in [0.2, 0.25) is 0 Å². The number of anilines is 3. The highest BCUT2D eigenvalue weighted by Gasteiger charge is 2.51. The first kappa shape index (κ1) is 42.7. The molecule has 0 atom stereocenters. The number of hydrogen-bond acceptors (Lipinski definition) is 1. The molecule has 1 spiro atoms. The monoisotopic (exact) mass is 964 g/mol. The quantitative estimate of drug-likeness (QED) is 0.155. The zero-order valence-electron chi connectivity index (χ0n) is 41.6. The maximum atomic E-state index is 2.56. The molecule has 13 aromatic rings. The molecule has 1 aliphatic heterocycles. The Morgan fingerprint density at radius 1 is 0.289 bits per heavy atom. The van der Waals surface area contributed by atoms with Crippen molar-refractivity contribution in [1.29, 1.82) is 0 Å². The maximum absolute atomic E-state index is 2.56. The van der Waals surface area contributed by atoms with Gasteiger partial charge >= 0.3 is 0 Å². The third-order valence-corrected chi connectivity index (χ3v) is 17.1. The van der Waals surface area contributed by atoms with Gasteiger partial charge in [-0.2, -0.15) is 0 Å². The number of hydrogen-bond donors (Lipinski definition) is 0. The van der Waals surface area contributed by atoms with Crippen molar-refractivity contribution < 1.29 is 0 Å². The summed E-state index contributed by atoms with van der Waals surface area (Å²) in [5.74, 6) is 0. The Balaban J connectivity index is 0.942. The number of benzene rings is 12. The predicted molar refractivity (Wildman–Crippen MR) is 315 cm³/mol. The average molecular weight is 965 g/mol. The topological polar surface area (TPSA) is 8.17 Å². The van der Waals surface area contributed by atoms with E-state index in [1.54, 1.807) is 0 Å². The molecule has 0 amide bonds. The summed E-state index contributed by atoms with van der Waals surface area (Å²) < 4.78 is 2.56. The molecule has 2 aliphatic carbocycles. The van der Waals surface area contributed by atoms with Gasteiger partial charge in [0.1, 0.15) is 0 Å². The third kappa shape index (κ3) is 5.76. The highest BCUT2D eigenvalue weighted by molar-refractivity contribution is 6.14. The lowest BCUT2D eigenvalue weighted by Gasteiger charge is -2.39. The van der Waals surface area contributed by atoms with E-state index in [1.165, 1.54) is 117 Å². The molecule has 76 heavy (non-hydrogen) atoms. The summed E-state index contributed by atoms with van der Waals surface area (Å²) in [6.45, 7) is 0. The van der Waals surface area contributed by atoms with E-state index >= 15 is 0 Å². The largest absolute Gasteiger partial charge is 0.310 e. The fraction of sp³-hybridized carbons (Fsp3) is 0.0270. The van der Waals surface area contributed by atoms with Crippen molar-refractivity contribution in [2.45, 2.75) is 10.8 Å². The summed E-state index contributed by atoms with van der Waals surface area (Å²) >= 11 is 0. The predicted octanol–water partition coefficient (Wildman–Crippen LogP) is 18.6. The van der Waals surface area contributed by atoms with Crippen molar-refractivity contribution >= 4 is 38.9 Å². The fourth-order valence-corrected chi connectivity index (χ4v) is 14.1. The molecule has 0 unspecified atom stereocenters. The Morgan fingerprint density at radius 3 is 1.38 bits per heavy atom. The molecule has 3 aliphatic rings. The summed E-state index contributed by atoms with van der Waals surface area (Å²) in [5, 5.41) is 2.46. The lowest BCUT2D eigenvalue weighted by Crippen LogP contribution is -2.33. The van der Waals surface area contributed by atoms with E-state index in [0.717, 1.165) is 17.1 Å². The third-order valence-electron chi connectivity index (χ3n) is 17.1. The fourth-order valence-electron chi connectivity index (χ4n) is 14.1. The molecule has 16 rings (SSSR count). The summed E-state index contributed by atoms with van der Waals surface area (Å²) in [4.78, 5) is 2.52. The van der Waals surface area contributed by atoms with E-state index in [2.05, 4.69) is 301 Å². The molecule has 0 saturated carbocycles. The highest BCUT2D eigenvalue weighted by atomic mass is 15.1. The van der Waals surface area contributed by atoms with Gasteiger partial charge in [-0.05, 0) is 126 Å². The summed E-state index contributed by atoms with van der Waals surface area (Å²) in [6.07, 6.45) is 0. The molecule has 0 radical (unpaired) electrons.